The van der Waals surface area contributed by atoms with Crippen molar-refractivity contribution in [3.8, 4) is 9.88 Å². The second-order valence-electron chi connectivity index (χ2n) is 4.84. The molecule has 0 unspecified atom stereocenters. The molecule has 1 N–H and O–H groups in total. The highest BCUT2D eigenvalue weighted by atomic mass is 32.1. The topological polar surface area (TPSA) is 54.9 Å². The Hall–Kier alpha value is -2.57. The first-order valence-corrected chi connectivity index (χ1v) is 8.60. The van der Waals surface area contributed by atoms with Crippen molar-refractivity contribution in [1.29, 1.82) is 0 Å². The van der Waals surface area contributed by atoms with Crippen molar-refractivity contribution in [1.82, 2.24) is 9.97 Å². The number of fused-ring (bicyclic) bond motifs is 1. The summed E-state index contributed by atoms with van der Waals surface area (Å²) >= 11 is 3.09. The minimum absolute atomic E-state index is 0.117. The molecule has 112 valence electrons. The molecule has 0 radical (unpaired) electrons. The number of rotatable bonds is 3. The number of aromatic nitrogens is 2. The van der Waals surface area contributed by atoms with Crippen LogP contribution in [0.1, 0.15) is 9.67 Å². The molecule has 6 heteroatoms. The summed E-state index contributed by atoms with van der Waals surface area (Å²) in [6.07, 6.45) is 3.30. The number of anilines is 1. The Bertz CT molecular complexity index is 943. The first-order valence-electron chi connectivity index (χ1n) is 6.97. The van der Waals surface area contributed by atoms with Crippen molar-refractivity contribution in [2.45, 2.75) is 0 Å². The molecule has 4 aromatic rings. The molecule has 1 aromatic carbocycles. The Balaban J connectivity index is 1.60. The summed E-state index contributed by atoms with van der Waals surface area (Å²) in [6.45, 7) is 0. The number of amides is 1. The van der Waals surface area contributed by atoms with Crippen LogP contribution in [0.2, 0.25) is 0 Å². The summed E-state index contributed by atoms with van der Waals surface area (Å²) in [6, 6.07) is 15.4. The van der Waals surface area contributed by atoms with E-state index in [0.29, 0.717) is 4.88 Å². The molecule has 0 saturated heterocycles. The smallest absolute Gasteiger partial charge is 0.265 e. The quantitative estimate of drug-likeness (QED) is 0.591. The van der Waals surface area contributed by atoms with E-state index in [1.54, 1.807) is 35.9 Å². The van der Waals surface area contributed by atoms with Gasteiger partial charge in [-0.2, -0.15) is 0 Å². The van der Waals surface area contributed by atoms with Crippen LogP contribution in [-0.4, -0.2) is 15.9 Å². The third-order valence-corrected chi connectivity index (χ3v) is 5.56. The first-order chi connectivity index (χ1) is 11.3. The van der Waals surface area contributed by atoms with E-state index in [4.69, 9.17) is 0 Å². The van der Waals surface area contributed by atoms with E-state index in [9.17, 15) is 4.79 Å². The lowest BCUT2D eigenvalue weighted by molar-refractivity contribution is 0.103. The van der Waals surface area contributed by atoms with E-state index in [1.165, 1.54) is 11.3 Å². The number of hydrogen-bond acceptors (Lipinski definition) is 5. The Morgan fingerprint density at radius 2 is 1.78 bits per heavy atom. The van der Waals surface area contributed by atoms with Crippen LogP contribution in [0.25, 0.3) is 20.1 Å². The minimum Gasteiger partial charge on any atom is -0.321 e. The van der Waals surface area contributed by atoms with Gasteiger partial charge in [-0.05, 0) is 36.4 Å². The zero-order valence-electron chi connectivity index (χ0n) is 11.9. The number of benzene rings is 1. The Morgan fingerprint density at radius 1 is 0.957 bits per heavy atom. The fourth-order valence-corrected chi connectivity index (χ4v) is 4.10. The Kier molecular flexibility index (Phi) is 3.61. The van der Waals surface area contributed by atoms with E-state index in [-0.39, 0.29) is 5.91 Å². The Labute approximate surface area is 140 Å². The second-order valence-corrected chi connectivity index (χ2v) is 6.96. The van der Waals surface area contributed by atoms with Crippen LogP contribution in [-0.2, 0) is 0 Å². The monoisotopic (exact) mass is 337 g/mol. The Morgan fingerprint density at radius 3 is 2.61 bits per heavy atom. The van der Waals surface area contributed by atoms with Crippen LogP contribution in [0.15, 0.2) is 60.9 Å². The predicted molar refractivity (Wildman–Crippen MR) is 95.1 cm³/mol. The summed E-state index contributed by atoms with van der Waals surface area (Å²) in [5.74, 6) is -0.117. The van der Waals surface area contributed by atoms with Crippen LogP contribution < -0.4 is 5.32 Å². The molecule has 0 aliphatic carbocycles. The van der Waals surface area contributed by atoms with E-state index >= 15 is 0 Å². The molecule has 0 aliphatic heterocycles. The van der Waals surface area contributed by atoms with Gasteiger partial charge in [0.2, 0.25) is 0 Å². The van der Waals surface area contributed by atoms with Gasteiger partial charge < -0.3 is 5.32 Å². The fraction of sp³-hybridized carbons (Fsp3) is 0. The highest BCUT2D eigenvalue weighted by Gasteiger charge is 2.13. The van der Waals surface area contributed by atoms with Gasteiger partial charge in [0.15, 0.2) is 0 Å². The van der Waals surface area contributed by atoms with Gasteiger partial charge in [-0.1, -0.05) is 12.1 Å². The van der Waals surface area contributed by atoms with Gasteiger partial charge in [0.1, 0.15) is 5.01 Å². The lowest BCUT2D eigenvalue weighted by Crippen LogP contribution is -2.09. The van der Waals surface area contributed by atoms with E-state index in [0.717, 1.165) is 25.8 Å². The molecule has 0 saturated carbocycles. The number of hydrogen-bond donors (Lipinski definition) is 1. The van der Waals surface area contributed by atoms with Crippen LogP contribution in [0.5, 0.6) is 0 Å². The molecule has 3 heterocycles. The standard InChI is InChI=1S/C17H11N3OS2/c21-16(19-11-7-9-18-10-8-11)14-5-6-15(22-14)17-20-12-3-1-2-4-13(12)23-17/h1-10H,(H,18,19,21). The lowest BCUT2D eigenvalue weighted by Gasteiger charge is -2.01. The average Bonchev–Trinajstić information content (AvgIpc) is 3.22. The summed E-state index contributed by atoms with van der Waals surface area (Å²) < 4.78 is 1.15. The molecule has 1 amide bonds. The fourth-order valence-electron chi connectivity index (χ4n) is 2.18. The molecule has 4 nitrogen and oxygen atoms in total. The second kappa shape index (κ2) is 5.91. The maximum absolute atomic E-state index is 12.3. The largest absolute Gasteiger partial charge is 0.321 e. The molecule has 3 aromatic heterocycles. The maximum Gasteiger partial charge on any atom is 0.265 e. The SMILES string of the molecule is O=C(Nc1ccncc1)c1ccc(-c2nc3ccccc3s2)s1. The van der Waals surface area contributed by atoms with Gasteiger partial charge in [-0.3, -0.25) is 9.78 Å². The molecular weight excluding hydrogens is 326 g/mol. The van der Waals surface area contributed by atoms with Crippen molar-refractivity contribution in [2.75, 3.05) is 5.32 Å². The predicted octanol–water partition coefficient (Wildman–Crippen LogP) is 4.67. The van der Waals surface area contributed by atoms with Crippen molar-refractivity contribution in [2.24, 2.45) is 0 Å². The first kappa shape index (κ1) is 14.0. The number of carbonyl (C=O) groups is 1. The minimum atomic E-state index is -0.117. The third-order valence-electron chi connectivity index (χ3n) is 3.27. The van der Waals surface area contributed by atoms with Gasteiger partial charge in [0.05, 0.1) is 20.0 Å². The normalized spacial score (nSPS) is 10.8. The number of pyridine rings is 1. The van der Waals surface area contributed by atoms with Gasteiger partial charge in [-0.25, -0.2) is 4.98 Å². The zero-order valence-corrected chi connectivity index (χ0v) is 13.5. The molecule has 0 spiro atoms. The van der Waals surface area contributed by atoms with Crippen LogP contribution in [0.3, 0.4) is 0 Å². The highest BCUT2D eigenvalue weighted by molar-refractivity contribution is 7.26. The average molecular weight is 337 g/mol. The number of thiophene rings is 1. The van der Waals surface area contributed by atoms with Crippen molar-refractivity contribution in [3.05, 3.63) is 65.8 Å². The lowest BCUT2D eigenvalue weighted by atomic mass is 10.3. The van der Waals surface area contributed by atoms with Crippen molar-refractivity contribution >= 4 is 44.5 Å². The summed E-state index contributed by atoms with van der Waals surface area (Å²) in [5, 5.41) is 3.81. The highest BCUT2D eigenvalue weighted by Crippen LogP contribution is 2.34. The van der Waals surface area contributed by atoms with Crippen LogP contribution in [0.4, 0.5) is 5.69 Å². The van der Waals surface area contributed by atoms with Crippen LogP contribution >= 0.6 is 22.7 Å². The van der Waals surface area contributed by atoms with Gasteiger partial charge in [0.25, 0.3) is 5.91 Å². The molecule has 0 fully saturated rings. The molecule has 4 rings (SSSR count). The molecule has 23 heavy (non-hydrogen) atoms. The van der Waals surface area contributed by atoms with Gasteiger partial charge >= 0.3 is 0 Å². The molecular formula is C17H11N3OS2. The maximum atomic E-state index is 12.3. The van der Waals surface area contributed by atoms with E-state index in [1.807, 2.05) is 30.3 Å². The van der Waals surface area contributed by atoms with Crippen molar-refractivity contribution in [3.63, 3.8) is 0 Å². The number of carbonyl (C=O) groups excluding carboxylic acids is 1. The van der Waals surface area contributed by atoms with E-state index < -0.39 is 0 Å². The number of nitrogens with zero attached hydrogens (tertiary/aromatic N) is 2. The number of nitrogens with one attached hydrogen (secondary N) is 1. The zero-order chi connectivity index (χ0) is 15.6. The van der Waals surface area contributed by atoms with Crippen LogP contribution in [0, 0.1) is 0 Å². The van der Waals surface area contributed by atoms with Gasteiger partial charge in [-0.15, -0.1) is 22.7 Å². The molecule has 0 aliphatic rings. The van der Waals surface area contributed by atoms with E-state index in [2.05, 4.69) is 21.4 Å². The summed E-state index contributed by atoms with van der Waals surface area (Å²) in [5.41, 5.74) is 1.73. The number of para-hydroxylation sites is 1. The van der Waals surface area contributed by atoms with Crippen molar-refractivity contribution < 1.29 is 4.79 Å². The summed E-state index contributed by atoms with van der Waals surface area (Å²) in [7, 11) is 0. The molecule has 0 atom stereocenters. The third kappa shape index (κ3) is 2.86. The number of thiazole rings is 1. The molecule has 0 bridgehead atoms. The van der Waals surface area contributed by atoms with Gasteiger partial charge in [0, 0.05) is 18.1 Å². The summed E-state index contributed by atoms with van der Waals surface area (Å²) in [4.78, 5) is 22.5.